The molecule has 0 unspecified atom stereocenters. The van der Waals surface area contributed by atoms with Gasteiger partial charge < -0.3 is 14.2 Å². The van der Waals surface area contributed by atoms with Crippen LogP contribution in [0.15, 0.2) is 47.6 Å². The molecule has 1 amide bonds. The Bertz CT molecular complexity index is 820. The van der Waals surface area contributed by atoms with Gasteiger partial charge in [0.15, 0.2) is 11.5 Å². The molecule has 1 N–H and O–H groups in total. The number of hydrazone groups is 1. The molecule has 0 saturated heterocycles. The number of carbonyl (C=O) groups is 1. The first-order valence-corrected chi connectivity index (χ1v) is 7.97. The minimum absolute atomic E-state index is 0.00506. The standard InChI is InChI=1S/C18H19N3O6/c1-13(22)20-19-12-14-3-8-17(18(11-14)25-2)27-10-9-26-16-6-4-15(5-7-16)21(23)24/h3-8,11-12H,9-10H2,1-2H3,(H,20,22). The maximum atomic E-state index is 10.8. The lowest BCUT2D eigenvalue weighted by Gasteiger charge is -2.12. The van der Waals surface area contributed by atoms with E-state index in [0.29, 0.717) is 17.2 Å². The fraction of sp³-hybridized carbons (Fsp3) is 0.222. The van der Waals surface area contributed by atoms with Gasteiger partial charge in [0, 0.05) is 19.1 Å². The van der Waals surface area contributed by atoms with Crippen LogP contribution in [-0.4, -0.2) is 37.4 Å². The normalized spacial score (nSPS) is 10.4. The molecule has 0 bridgehead atoms. The lowest BCUT2D eigenvalue weighted by molar-refractivity contribution is -0.384. The maximum absolute atomic E-state index is 10.8. The zero-order valence-corrected chi connectivity index (χ0v) is 14.9. The molecule has 0 aliphatic rings. The number of nitrogens with one attached hydrogen (secondary N) is 1. The highest BCUT2D eigenvalue weighted by Crippen LogP contribution is 2.27. The van der Waals surface area contributed by atoms with E-state index in [1.165, 1.54) is 44.5 Å². The second-order valence-electron chi connectivity index (χ2n) is 5.28. The predicted octanol–water partition coefficient (Wildman–Crippen LogP) is 2.53. The largest absolute Gasteiger partial charge is 0.493 e. The van der Waals surface area contributed by atoms with E-state index in [2.05, 4.69) is 10.5 Å². The van der Waals surface area contributed by atoms with Crippen molar-refractivity contribution in [3.05, 3.63) is 58.1 Å². The first-order chi connectivity index (χ1) is 13.0. The van der Waals surface area contributed by atoms with Crippen molar-refractivity contribution in [3.63, 3.8) is 0 Å². The summed E-state index contributed by atoms with van der Waals surface area (Å²) in [5.41, 5.74) is 3.05. The van der Waals surface area contributed by atoms with Gasteiger partial charge in [-0.2, -0.15) is 5.10 Å². The van der Waals surface area contributed by atoms with Crippen molar-refractivity contribution < 1.29 is 23.9 Å². The number of ether oxygens (including phenoxy) is 3. The van der Waals surface area contributed by atoms with Gasteiger partial charge in [-0.15, -0.1) is 0 Å². The first kappa shape index (κ1) is 19.7. The van der Waals surface area contributed by atoms with Crippen molar-refractivity contribution in [1.29, 1.82) is 0 Å². The minimum atomic E-state index is -0.469. The Kier molecular flexibility index (Phi) is 7.12. The van der Waals surface area contributed by atoms with Crippen molar-refractivity contribution in [2.45, 2.75) is 6.92 Å². The van der Waals surface area contributed by atoms with Crippen molar-refractivity contribution >= 4 is 17.8 Å². The SMILES string of the molecule is COc1cc(C=NNC(C)=O)ccc1OCCOc1ccc([N+](=O)[O-])cc1. The first-order valence-electron chi connectivity index (χ1n) is 7.97. The van der Waals surface area contributed by atoms with E-state index < -0.39 is 4.92 Å². The Morgan fingerprint density at radius 3 is 2.48 bits per heavy atom. The van der Waals surface area contributed by atoms with Gasteiger partial charge in [0.05, 0.1) is 18.2 Å². The van der Waals surface area contributed by atoms with Gasteiger partial charge in [-0.1, -0.05) is 0 Å². The van der Waals surface area contributed by atoms with Crippen LogP contribution in [0.2, 0.25) is 0 Å². The second-order valence-corrected chi connectivity index (χ2v) is 5.28. The molecule has 27 heavy (non-hydrogen) atoms. The number of rotatable bonds is 9. The lowest BCUT2D eigenvalue weighted by atomic mass is 10.2. The number of methoxy groups -OCH3 is 1. The average molecular weight is 373 g/mol. The molecule has 2 aromatic rings. The fourth-order valence-electron chi connectivity index (χ4n) is 2.06. The molecular formula is C18H19N3O6. The van der Waals surface area contributed by atoms with Crippen molar-refractivity contribution in [2.24, 2.45) is 5.10 Å². The Hall–Kier alpha value is -3.62. The molecule has 0 spiro atoms. The number of benzene rings is 2. The predicted molar refractivity (Wildman–Crippen MR) is 98.5 cm³/mol. The molecule has 2 aromatic carbocycles. The van der Waals surface area contributed by atoms with Crippen LogP contribution >= 0.6 is 0 Å². The molecular weight excluding hydrogens is 354 g/mol. The van der Waals surface area contributed by atoms with Crippen LogP contribution in [0.3, 0.4) is 0 Å². The van der Waals surface area contributed by atoms with Gasteiger partial charge in [-0.25, -0.2) is 5.43 Å². The van der Waals surface area contributed by atoms with E-state index in [4.69, 9.17) is 14.2 Å². The van der Waals surface area contributed by atoms with E-state index in [1.807, 2.05) is 0 Å². The molecule has 0 radical (unpaired) electrons. The van der Waals surface area contributed by atoms with Crippen LogP contribution < -0.4 is 19.6 Å². The molecule has 0 aliphatic carbocycles. The summed E-state index contributed by atoms with van der Waals surface area (Å²) < 4.78 is 16.4. The zero-order valence-electron chi connectivity index (χ0n) is 14.9. The second kappa shape index (κ2) is 9.76. The highest BCUT2D eigenvalue weighted by Gasteiger charge is 2.07. The molecule has 2 rings (SSSR count). The number of nitrogens with zero attached hydrogens (tertiary/aromatic N) is 2. The summed E-state index contributed by atoms with van der Waals surface area (Å²) in [7, 11) is 1.52. The Labute approximate surface area is 155 Å². The summed E-state index contributed by atoms with van der Waals surface area (Å²) in [6.07, 6.45) is 1.49. The third kappa shape index (κ3) is 6.31. The summed E-state index contributed by atoms with van der Waals surface area (Å²) in [5, 5.41) is 14.4. The summed E-state index contributed by atoms with van der Waals surface area (Å²) in [6, 6.07) is 11.0. The molecule has 0 heterocycles. The van der Waals surface area contributed by atoms with Crippen LogP contribution in [0.1, 0.15) is 12.5 Å². The molecule has 0 aromatic heterocycles. The van der Waals surface area contributed by atoms with Crippen LogP contribution in [0, 0.1) is 10.1 Å². The van der Waals surface area contributed by atoms with Gasteiger partial charge in [0.25, 0.3) is 5.69 Å². The lowest BCUT2D eigenvalue weighted by Crippen LogP contribution is -2.12. The molecule has 142 valence electrons. The number of non-ortho nitro benzene ring substituents is 1. The molecule has 9 heteroatoms. The quantitative estimate of drug-likeness (QED) is 0.313. The van der Waals surface area contributed by atoms with Crippen LogP contribution in [0.4, 0.5) is 5.69 Å². The molecule has 9 nitrogen and oxygen atoms in total. The summed E-state index contributed by atoms with van der Waals surface area (Å²) in [4.78, 5) is 20.9. The van der Waals surface area contributed by atoms with Gasteiger partial charge in [0.2, 0.25) is 5.91 Å². The topological polar surface area (TPSA) is 112 Å². The third-order valence-corrected chi connectivity index (χ3v) is 3.28. The summed E-state index contributed by atoms with van der Waals surface area (Å²) in [6.45, 7) is 1.88. The van der Waals surface area contributed by atoms with Gasteiger partial charge in [0.1, 0.15) is 19.0 Å². The van der Waals surface area contributed by atoms with Crippen LogP contribution in [0.5, 0.6) is 17.2 Å². The average Bonchev–Trinajstić information content (AvgIpc) is 2.66. The fourth-order valence-corrected chi connectivity index (χ4v) is 2.06. The summed E-state index contributed by atoms with van der Waals surface area (Å²) >= 11 is 0. The van der Waals surface area contributed by atoms with Crippen molar-refractivity contribution in [1.82, 2.24) is 5.43 Å². The maximum Gasteiger partial charge on any atom is 0.269 e. The Morgan fingerprint density at radius 2 is 1.85 bits per heavy atom. The zero-order chi connectivity index (χ0) is 19.6. The number of nitro benzene ring substituents is 1. The Morgan fingerprint density at radius 1 is 1.15 bits per heavy atom. The number of amides is 1. The third-order valence-electron chi connectivity index (χ3n) is 3.28. The molecule has 0 aliphatic heterocycles. The van der Waals surface area contributed by atoms with E-state index in [-0.39, 0.29) is 24.8 Å². The number of nitro groups is 1. The molecule has 0 fully saturated rings. The molecule has 0 atom stereocenters. The van der Waals surface area contributed by atoms with E-state index >= 15 is 0 Å². The highest BCUT2D eigenvalue weighted by atomic mass is 16.6. The van der Waals surface area contributed by atoms with E-state index in [0.717, 1.165) is 5.56 Å². The van der Waals surface area contributed by atoms with Gasteiger partial charge in [-0.05, 0) is 35.9 Å². The highest BCUT2D eigenvalue weighted by molar-refractivity contribution is 5.82. The van der Waals surface area contributed by atoms with Crippen LogP contribution in [-0.2, 0) is 4.79 Å². The van der Waals surface area contributed by atoms with E-state index in [1.54, 1.807) is 18.2 Å². The number of carbonyl (C=O) groups excluding carboxylic acids is 1. The smallest absolute Gasteiger partial charge is 0.269 e. The minimum Gasteiger partial charge on any atom is -0.493 e. The van der Waals surface area contributed by atoms with E-state index in [9.17, 15) is 14.9 Å². The number of hydrogen-bond acceptors (Lipinski definition) is 7. The van der Waals surface area contributed by atoms with Crippen LogP contribution in [0.25, 0.3) is 0 Å². The van der Waals surface area contributed by atoms with Crippen molar-refractivity contribution in [2.75, 3.05) is 20.3 Å². The monoisotopic (exact) mass is 373 g/mol. The van der Waals surface area contributed by atoms with Gasteiger partial charge in [-0.3, -0.25) is 14.9 Å². The van der Waals surface area contributed by atoms with Gasteiger partial charge >= 0.3 is 0 Å². The number of hydrogen-bond donors (Lipinski definition) is 1. The molecule has 0 saturated carbocycles. The Balaban J connectivity index is 1.86. The summed E-state index contributed by atoms with van der Waals surface area (Å²) in [5.74, 6) is 1.30. The van der Waals surface area contributed by atoms with Crippen molar-refractivity contribution in [3.8, 4) is 17.2 Å².